The summed E-state index contributed by atoms with van der Waals surface area (Å²) >= 11 is 0. The van der Waals surface area contributed by atoms with Gasteiger partial charge in [0.1, 0.15) is 17.3 Å². The Kier molecular flexibility index (Phi) is 5.20. The molecule has 1 aromatic carbocycles. The van der Waals surface area contributed by atoms with E-state index in [1.54, 1.807) is 37.7 Å². The minimum atomic E-state index is -0.158. The molecule has 0 bridgehead atoms. The Balaban J connectivity index is 1.87. The molecule has 0 aliphatic heterocycles. The standard InChI is InChI=1S/C15H19N3O3/c1-20-11-5-6-12(13(10-11)21-2)15(19)18-7-3-4-14-16-8-9-17-14/h5-6,8-10H,3-4,7H2,1-2H3,(H,16,17)(H,18,19). The van der Waals surface area contributed by atoms with Crippen LogP contribution in [-0.2, 0) is 6.42 Å². The Bertz CT molecular complexity index is 582. The molecule has 0 unspecified atom stereocenters. The fraction of sp³-hybridized carbons (Fsp3) is 0.333. The fourth-order valence-electron chi connectivity index (χ4n) is 1.97. The van der Waals surface area contributed by atoms with E-state index in [1.807, 2.05) is 0 Å². The zero-order valence-electron chi connectivity index (χ0n) is 12.2. The van der Waals surface area contributed by atoms with E-state index in [9.17, 15) is 4.79 Å². The maximum atomic E-state index is 12.1. The van der Waals surface area contributed by atoms with E-state index in [0.717, 1.165) is 18.7 Å². The molecule has 0 atom stereocenters. The number of amides is 1. The van der Waals surface area contributed by atoms with Crippen LogP contribution in [0.5, 0.6) is 11.5 Å². The monoisotopic (exact) mass is 289 g/mol. The predicted molar refractivity (Wildman–Crippen MR) is 78.8 cm³/mol. The molecule has 21 heavy (non-hydrogen) atoms. The van der Waals surface area contributed by atoms with Gasteiger partial charge in [0.2, 0.25) is 0 Å². The number of aromatic nitrogens is 2. The van der Waals surface area contributed by atoms with E-state index in [-0.39, 0.29) is 5.91 Å². The second-order valence-electron chi connectivity index (χ2n) is 4.46. The quantitative estimate of drug-likeness (QED) is 0.762. The Morgan fingerprint density at radius 3 is 2.86 bits per heavy atom. The first-order valence-electron chi connectivity index (χ1n) is 6.73. The number of nitrogens with one attached hydrogen (secondary N) is 2. The summed E-state index contributed by atoms with van der Waals surface area (Å²) in [4.78, 5) is 19.3. The first-order valence-corrected chi connectivity index (χ1v) is 6.73. The van der Waals surface area contributed by atoms with Crippen molar-refractivity contribution in [3.05, 3.63) is 42.0 Å². The highest BCUT2D eigenvalue weighted by molar-refractivity contribution is 5.97. The van der Waals surface area contributed by atoms with Crippen LogP contribution in [0.25, 0.3) is 0 Å². The van der Waals surface area contributed by atoms with Gasteiger partial charge in [0, 0.05) is 31.4 Å². The molecule has 6 heteroatoms. The lowest BCUT2D eigenvalue weighted by atomic mass is 10.1. The number of benzene rings is 1. The van der Waals surface area contributed by atoms with Crippen LogP contribution in [0.1, 0.15) is 22.6 Å². The van der Waals surface area contributed by atoms with Gasteiger partial charge in [-0.05, 0) is 18.6 Å². The van der Waals surface area contributed by atoms with Crippen molar-refractivity contribution in [3.63, 3.8) is 0 Å². The zero-order chi connectivity index (χ0) is 15.1. The average molecular weight is 289 g/mol. The SMILES string of the molecule is COc1ccc(C(=O)NCCCc2ncc[nH]2)c(OC)c1. The number of rotatable bonds is 7. The van der Waals surface area contributed by atoms with E-state index in [0.29, 0.717) is 23.6 Å². The third-order valence-electron chi connectivity index (χ3n) is 3.08. The van der Waals surface area contributed by atoms with Gasteiger partial charge in [0.15, 0.2) is 0 Å². The topological polar surface area (TPSA) is 76.2 Å². The van der Waals surface area contributed by atoms with Crippen LogP contribution in [0, 0.1) is 0 Å². The molecule has 0 spiro atoms. The minimum Gasteiger partial charge on any atom is -0.497 e. The van der Waals surface area contributed by atoms with Crippen LogP contribution >= 0.6 is 0 Å². The van der Waals surface area contributed by atoms with Crippen LogP contribution < -0.4 is 14.8 Å². The van der Waals surface area contributed by atoms with Crippen molar-refractivity contribution in [2.45, 2.75) is 12.8 Å². The molecule has 1 heterocycles. The van der Waals surface area contributed by atoms with Crippen molar-refractivity contribution in [2.24, 2.45) is 0 Å². The minimum absolute atomic E-state index is 0.158. The maximum absolute atomic E-state index is 12.1. The Morgan fingerprint density at radius 2 is 2.19 bits per heavy atom. The molecule has 1 aromatic heterocycles. The van der Waals surface area contributed by atoms with E-state index in [1.165, 1.54) is 7.11 Å². The Morgan fingerprint density at radius 1 is 1.33 bits per heavy atom. The first-order chi connectivity index (χ1) is 10.2. The highest BCUT2D eigenvalue weighted by atomic mass is 16.5. The molecule has 0 fully saturated rings. The van der Waals surface area contributed by atoms with Gasteiger partial charge in [-0.25, -0.2) is 4.98 Å². The Hall–Kier alpha value is -2.50. The van der Waals surface area contributed by atoms with E-state index in [4.69, 9.17) is 9.47 Å². The van der Waals surface area contributed by atoms with Gasteiger partial charge >= 0.3 is 0 Å². The number of H-pyrrole nitrogens is 1. The van der Waals surface area contributed by atoms with Crippen LogP contribution in [-0.4, -0.2) is 36.6 Å². The van der Waals surface area contributed by atoms with Crippen LogP contribution in [0.4, 0.5) is 0 Å². The number of aryl methyl sites for hydroxylation is 1. The van der Waals surface area contributed by atoms with Crippen molar-refractivity contribution >= 4 is 5.91 Å². The fourth-order valence-corrected chi connectivity index (χ4v) is 1.97. The number of aromatic amines is 1. The van der Waals surface area contributed by atoms with Gasteiger partial charge in [-0.15, -0.1) is 0 Å². The lowest BCUT2D eigenvalue weighted by Crippen LogP contribution is -2.25. The van der Waals surface area contributed by atoms with Gasteiger partial charge in [0.25, 0.3) is 5.91 Å². The number of imidazole rings is 1. The average Bonchev–Trinajstić information content (AvgIpc) is 3.04. The maximum Gasteiger partial charge on any atom is 0.255 e. The van der Waals surface area contributed by atoms with Crippen molar-refractivity contribution in [2.75, 3.05) is 20.8 Å². The van der Waals surface area contributed by atoms with Crippen molar-refractivity contribution in [1.82, 2.24) is 15.3 Å². The van der Waals surface area contributed by atoms with Crippen molar-refractivity contribution < 1.29 is 14.3 Å². The summed E-state index contributed by atoms with van der Waals surface area (Å²) in [5, 5.41) is 2.87. The largest absolute Gasteiger partial charge is 0.497 e. The zero-order valence-corrected chi connectivity index (χ0v) is 12.2. The van der Waals surface area contributed by atoms with Gasteiger partial charge in [-0.2, -0.15) is 0 Å². The lowest BCUT2D eigenvalue weighted by molar-refractivity contribution is 0.0950. The second kappa shape index (κ2) is 7.33. The molecule has 2 N–H and O–H groups in total. The summed E-state index contributed by atoms with van der Waals surface area (Å²) in [6.07, 6.45) is 5.12. The van der Waals surface area contributed by atoms with Crippen LogP contribution in [0.3, 0.4) is 0 Å². The summed E-state index contributed by atoms with van der Waals surface area (Å²) < 4.78 is 10.3. The van der Waals surface area contributed by atoms with Gasteiger partial charge < -0.3 is 19.8 Å². The lowest BCUT2D eigenvalue weighted by Gasteiger charge is -2.10. The highest BCUT2D eigenvalue weighted by Crippen LogP contribution is 2.24. The normalized spacial score (nSPS) is 10.2. The van der Waals surface area contributed by atoms with Crippen molar-refractivity contribution in [3.8, 4) is 11.5 Å². The molecular formula is C15H19N3O3. The molecular weight excluding hydrogens is 270 g/mol. The third-order valence-corrected chi connectivity index (χ3v) is 3.08. The first kappa shape index (κ1) is 14.9. The molecule has 2 aromatic rings. The Labute approximate surface area is 123 Å². The van der Waals surface area contributed by atoms with Crippen LogP contribution in [0.2, 0.25) is 0 Å². The second-order valence-corrected chi connectivity index (χ2v) is 4.46. The molecule has 6 nitrogen and oxygen atoms in total. The third kappa shape index (κ3) is 3.98. The number of carbonyl (C=O) groups excluding carboxylic acids is 1. The summed E-state index contributed by atoms with van der Waals surface area (Å²) in [6.45, 7) is 0.578. The molecule has 112 valence electrons. The summed E-state index contributed by atoms with van der Waals surface area (Å²) in [7, 11) is 3.10. The summed E-state index contributed by atoms with van der Waals surface area (Å²) in [5.41, 5.74) is 0.497. The molecule has 2 rings (SSSR count). The predicted octanol–water partition coefficient (Wildman–Crippen LogP) is 1.79. The number of hydrogen-bond donors (Lipinski definition) is 2. The highest BCUT2D eigenvalue weighted by Gasteiger charge is 2.12. The van der Waals surface area contributed by atoms with Gasteiger partial charge in [0.05, 0.1) is 19.8 Å². The van der Waals surface area contributed by atoms with Crippen LogP contribution in [0.15, 0.2) is 30.6 Å². The molecule has 0 aliphatic carbocycles. The molecule has 0 radical (unpaired) electrons. The number of ether oxygens (including phenoxy) is 2. The molecule has 0 saturated carbocycles. The van der Waals surface area contributed by atoms with Gasteiger partial charge in [-0.3, -0.25) is 4.79 Å². The van der Waals surface area contributed by atoms with E-state index in [2.05, 4.69) is 15.3 Å². The number of carbonyl (C=O) groups is 1. The number of hydrogen-bond acceptors (Lipinski definition) is 4. The molecule has 0 saturated heterocycles. The molecule has 0 aliphatic rings. The number of nitrogens with zero attached hydrogens (tertiary/aromatic N) is 1. The van der Waals surface area contributed by atoms with E-state index >= 15 is 0 Å². The van der Waals surface area contributed by atoms with Crippen molar-refractivity contribution in [1.29, 1.82) is 0 Å². The van der Waals surface area contributed by atoms with Gasteiger partial charge in [-0.1, -0.05) is 0 Å². The summed E-state index contributed by atoms with van der Waals surface area (Å²) in [6, 6.07) is 5.12. The molecule has 1 amide bonds. The van der Waals surface area contributed by atoms with E-state index < -0.39 is 0 Å². The smallest absolute Gasteiger partial charge is 0.255 e. The number of methoxy groups -OCH3 is 2. The summed E-state index contributed by atoms with van der Waals surface area (Å²) in [5.74, 6) is 1.92.